The Morgan fingerprint density at radius 1 is 1.19 bits per heavy atom. The summed E-state index contributed by atoms with van der Waals surface area (Å²) >= 11 is 0. The fourth-order valence-electron chi connectivity index (χ4n) is 3.13. The number of aromatic nitrogens is 1. The second kappa shape index (κ2) is 7.30. The molecule has 0 radical (unpaired) electrons. The minimum atomic E-state index is -0.978. The lowest BCUT2D eigenvalue weighted by molar-refractivity contribution is -0.0671. The minimum Gasteiger partial charge on any atom is -0.355 e. The van der Waals surface area contributed by atoms with Crippen LogP contribution in [0.2, 0.25) is 0 Å². The highest BCUT2D eigenvalue weighted by Gasteiger charge is 2.36. The summed E-state index contributed by atoms with van der Waals surface area (Å²) in [6, 6.07) is 15.2. The summed E-state index contributed by atoms with van der Waals surface area (Å²) in [5.74, 6) is 0.656. The van der Waals surface area contributed by atoms with Crippen molar-refractivity contribution < 1.29 is 14.1 Å². The molecule has 0 aliphatic carbocycles. The zero-order chi connectivity index (χ0) is 18.7. The molecule has 1 atom stereocenters. The van der Waals surface area contributed by atoms with Gasteiger partial charge in [-0.3, -0.25) is 4.79 Å². The van der Waals surface area contributed by atoms with Crippen molar-refractivity contribution in [1.29, 1.82) is 0 Å². The molecule has 0 saturated heterocycles. The van der Waals surface area contributed by atoms with Crippen LogP contribution in [0.5, 0.6) is 0 Å². The van der Waals surface area contributed by atoms with Crippen LogP contribution >= 0.6 is 0 Å². The van der Waals surface area contributed by atoms with Gasteiger partial charge in [-0.2, -0.15) is 0 Å². The number of hydrogen-bond donors (Lipinski definition) is 1. The number of para-hydroxylation sites is 1. The molecule has 0 fully saturated rings. The Morgan fingerprint density at radius 3 is 2.62 bits per heavy atom. The van der Waals surface area contributed by atoms with E-state index in [0.29, 0.717) is 23.4 Å². The van der Waals surface area contributed by atoms with Crippen LogP contribution in [0.1, 0.15) is 50.2 Å². The van der Waals surface area contributed by atoms with E-state index in [9.17, 15) is 4.79 Å². The van der Waals surface area contributed by atoms with Crippen molar-refractivity contribution in [3.8, 4) is 0 Å². The van der Waals surface area contributed by atoms with Crippen molar-refractivity contribution in [2.24, 2.45) is 0 Å². The minimum absolute atomic E-state index is 0.0644. The first-order chi connectivity index (χ1) is 12.4. The number of benzene rings is 2. The monoisotopic (exact) mass is 352 g/mol. The zero-order valence-electron chi connectivity index (χ0n) is 15.6. The van der Waals surface area contributed by atoms with E-state index in [2.05, 4.69) is 10.5 Å². The summed E-state index contributed by atoms with van der Waals surface area (Å²) in [4.78, 5) is 12.3. The topological polar surface area (TPSA) is 64.4 Å². The molecule has 1 aromatic heterocycles. The molecule has 1 heterocycles. The van der Waals surface area contributed by atoms with Crippen LogP contribution in [0.3, 0.4) is 0 Å². The van der Waals surface area contributed by atoms with Gasteiger partial charge in [0.2, 0.25) is 0 Å². The van der Waals surface area contributed by atoms with E-state index in [4.69, 9.17) is 9.26 Å². The van der Waals surface area contributed by atoms with Crippen molar-refractivity contribution in [2.75, 3.05) is 5.32 Å². The predicted molar refractivity (Wildman–Crippen MR) is 102 cm³/mol. The fourth-order valence-corrected chi connectivity index (χ4v) is 3.13. The Labute approximate surface area is 153 Å². The lowest BCUT2D eigenvalue weighted by Gasteiger charge is -2.32. The molecule has 0 saturated carbocycles. The van der Waals surface area contributed by atoms with Crippen LogP contribution in [0.15, 0.2) is 53.1 Å². The highest BCUT2D eigenvalue weighted by atomic mass is 16.5. The SMILES string of the molecule is CCC(=O)c1ccccc1NC(C)(OC(C)C)c1onc2ccccc12. The molecule has 3 rings (SSSR count). The number of nitrogens with one attached hydrogen (secondary N) is 1. The number of Topliss-reactive ketones (excluding diaryl/α,β-unsaturated/α-hetero) is 1. The van der Waals surface area contributed by atoms with Gasteiger partial charge in [-0.25, -0.2) is 0 Å². The quantitative estimate of drug-likeness (QED) is 0.472. The number of ether oxygens (including phenoxy) is 1. The first-order valence-electron chi connectivity index (χ1n) is 8.87. The largest absolute Gasteiger partial charge is 0.355 e. The molecule has 0 bridgehead atoms. The highest BCUT2D eigenvalue weighted by molar-refractivity contribution is 6.01. The Kier molecular flexibility index (Phi) is 5.09. The van der Waals surface area contributed by atoms with Crippen LogP contribution in [0.4, 0.5) is 5.69 Å². The van der Waals surface area contributed by atoms with Gasteiger partial charge in [0, 0.05) is 23.1 Å². The van der Waals surface area contributed by atoms with Crippen LogP contribution < -0.4 is 5.32 Å². The van der Waals surface area contributed by atoms with E-state index in [1.807, 2.05) is 76.2 Å². The number of hydrogen-bond acceptors (Lipinski definition) is 5. The number of nitrogens with zero attached hydrogens (tertiary/aromatic N) is 1. The average Bonchev–Trinajstić information content (AvgIpc) is 3.05. The van der Waals surface area contributed by atoms with Gasteiger partial charge in [0.15, 0.2) is 17.3 Å². The van der Waals surface area contributed by atoms with Gasteiger partial charge in [0.25, 0.3) is 0 Å². The van der Waals surface area contributed by atoms with Gasteiger partial charge in [0.1, 0.15) is 5.52 Å². The third-order valence-corrected chi connectivity index (χ3v) is 4.21. The second-order valence-electron chi connectivity index (χ2n) is 6.68. The number of ketones is 1. The van der Waals surface area contributed by atoms with E-state index in [1.54, 1.807) is 0 Å². The molecular weight excluding hydrogens is 328 g/mol. The van der Waals surface area contributed by atoms with Crippen LogP contribution in [-0.4, -0.2) is 17.0 Å². The molecule has 136 valence electrons. The standard InChI is InChI=1S/C21H24N2O3/c1-5-19(24)15-10-6-8-12-17(15)22-21(4,25-14(2)3)20-16-11-7-9-13-18(16)23-26-20/h6-14,22H,5H2,1-4H3. The number of carbonyl (C=O) groups excluding carboxylic acids is 1. The molecule has 0 aliphatic rings. The lowest BCUT2D eigenvalue weighted by Crippen LogP contribution is -2.37. The summed E-state index contributed by atoms with van der Waals surface area (Å²) in [5, 5.41) is 8.41. The van der Waals surface area contributed by atoms with Crippen molar-refractivity contribution in [1.82, 2.24) is 5.16 Å². The smallest absolute Gasteiger partial charge is 0.198 e. The third kappa shape index (κ3) is 3.48. The van der Waals surface area contributed by atoms with E-state index in [-0.39, 0.29) is 11.9 Å². The molecule has 1 N–H and O–H groups in total. The summed E-state index contributed by atoms with van der Waals surface area (Å²) in [6.45, 7) is 7.67. The maximum absolute atomic E-state index is 12.3. The normalized spacial score (nSPS) is 13.7. The van der Waals surface area contributed by atoms with Crippen molar-refractivity contribution in [3.63, 3.8) is 0 Å². The summed E-state index contributed by atoms with van der Waals surface area (Å²) in [6.07, 6.45) is 0.372. The highest BCUT2D eigenvalue weighted by Crippen LogP contribution is 2.35. The fraction of sp³-hybridized carbons (Fsp3) is 0.333. The molecule has 5 nitrogen and oxygen atoms in total. The Hall–Kier alpha value is -2.66. The molecule has 2 aromatic carbocycles. The zero-order valence-corrected chi connectivity index (χ0v) is 15.6. The third-order valence-electron chi connectivity index (χ3n) is 4.21. The number of anilines is 1. The molecule has 0 aliphatic heterocycles. The Balaban J connectivity index is 2.09. The average molecular weight is 352 g/mol. The lowest BCUT2D eigenvalue weighted by atomic mass is 10.0. The molecular formula is C21H24N2O3. The molecule has 26 heavy (non-hydrogen) atoms. The molecule has 5 heteroatoms. The number of rotatable bonds is 7. The van der Waals surface area contributed by atoms with E-state index in [1.165, 1.54) is 0 Å². The maximum atomic E-state index is 12.3. The van der Waals surface area contributed by atoms with Crippen molar-refractivity contribution in [2.45, 2.75) is 45.9 Å². The summed E-state index contributed by atoms with van der Waals surface area (Å²) in [5.41, 5.74) is 1.13. The molecule has 3 aromatic rings. The van der Waals surface area contributed by atoms with Crippen molar-refractivity contribution in [3.05, 3.63) is 59.9 Å². The molecule has 0 amide bonds. The first-order valence-corrected chi connectivity index (χ1v) is 8.87. The van der Waals surface area contributed by atoms with Gasteiger partial charge >= 0.3 is 0 Å². The summed E-state index contributed by atoms with van der Waals surface area (Å²) in [7, 11) is 0. The van der Waals surface area contributed by atoms with Gasteiger partial charge in [-0.1, -0.05) is 36.3 Å². The van der Waals surface area contributed by atoms with Crippen molar-refractivity contribution >= 4 is 22.4 Å². The number of carbonyl (C=O) groups is 1. The van der Waals surface area contributed by atoms with Crippen LogP contribution in [-0.2, 0) is 10.5 Å². The molecule has 0 spiro atoms. The Morgan fingerprint density at radius 2 is 1.88 bits per heavy atom. The van der Waals surface area contributed by atoms with Gasteiger partial charge < -0.3 is 14.6 Å². The van der Waals surface area contributed by atoms with E-state index in [0.717, 1.165) is 10.9 Å². The maximum Gasteiger partial charge on any atom is 0.198 e. The predicted octanol–water partition coefficient (Wildman–Crippen LogP) is 5.13. The van der Waals surface area contributed by atoms with Crippen LogP contribution in [0.25, 0.3) is 10.9 Å². The first kappa shape index (κ1) is 18.1. The number of fused-ring (bicyclic) bond motifs is 1. The van der Waals surface area contributed by atoms with E-state index >= 15 is 0 Å². The van der Waals surface area contributed by atoms with Crippen LogP contribution in [0, 0.1) is 0 Å². The molecule has 1 unspecified atom stereocenters. The van der Waals surface area contributed by atoms with Gasteiger partial charge in [0.05, 0.1) is 6.10 Å². The second-order valence-corrected chi connectivity index (χ2v) is 6.68. The Bertz CT molecular complexity index is 916. The summed E-state index contributed by atoms with van der Waals surface area (Å²) < 4.78 is 11.9. The van der Waals surface area contributed by atoms with Gasteiger partial charge in [-0.05, 0) is 45.0 Å². The van der Waals surface area contributed by atoms with E-state index < -0.39 is 5.72 Å². The van der Waals surface area contributed by atoms with Gasteiger partial charge in [-0.15, -0.1) is 0 Å².